The molecule has 0 aromatic heterocycles. The van der Waals surface area contributed by atoms with Gasteiger partial charge in [-0.3, -0.25) is 0 Å². The molecule has 1 atom stereocenters. The lowest BCUT2D eigenvalue weighted by molar-refractivity contribution is 0.0386. The molecule has 3 nitrogen and oxygen atoms in total. The van der Waals surface area contributed by atoms with Gasteiger partial charge >= 0.3 is 5.97 Å². The highest BCUT2D eigenvalue weighted by molar-refractivity contribution is 5.95. The summed E-state index contributed by atoms with van der Waals surface area (Å²) in [4.78, 5) is 11.8. The summed E-state index contributed by atoms with van der Waals surface area (Å²) >= 11 is 0. The summed E-state index contributed by atoms with van der Waals surface area (Å²) in [5, 5.41) is 0. The molecule has 0 spiro atoms. The normalized spacial score (nSPS) is 16.9. The Morgan fingerprint density at radius 3 is 2.90 bits per heavy atom. The lowest BCUT2D eigenvalue weighted by atomic mass is 9.96. The number of cyclic esters (lactones) is 1. The van der Waals surface area contributed by atoms with Crippen molar-refractivity contribution in [1.82, 2.24) is 0 Å². The molecule has 20 heavy (non-hydrogen) atoms. The predicted octanol–water partition coefficient (Wildman–Crippen LogP) is 3.17. The van der Waals surface area contributed by atoms with Crippen molar-refractivity contribution >= 4 is 11.7 Å². The second kappa shape index (κ2) is 4.63. The quantitative estimate of drug-likeness (QED) is 0.674. The molecule has 1 unspecified atom stereocenters. The molecule has 0 amide bonds. The van der Waals surface area contributed by atoms with E-state index in [1.54, 1.807) is 31.2 Å². The van der Waals surface area contributed by atoms with Crippen molar-refractivity contribution in [2.75, 3.05) is 5.73 Å². The van der Waals surface area contributed by atoms with Crippen LogP contribution in [0.3, 0.4) is 0 Å². The second-order valence-corrected chi connectivity index (χ2v) is 4.97. The maximum absolute atomic E-state index is 13.6. The van der Waals surface area contributed by atoms with Crippen molar-refractivity contribution in [3.8, 4) is 0 Å². The topological polar surface area (TPSA) is 52.3 Å². The zero-order chi connectivity index (χ0) is 14.3. The van der Waals surface area contributed by atoms with Crippen LogP contribution >= 0.6 is 0 Å². The van der Waals surface area contributed by atoms with Crippen LogP contribution in [0.4, 0.5) is 10.1 Å². The van der Waals surface area contributed by atoms with Crippen LogP contribution in [0.1, 0.15) is 33.2 Å². The molecule has 2 N–H and O–H groups in total. The number of hydrogen-bond donors (Lipinski definition) is 1. The number of carbonyl (C=O) groups is 1. The minimum absolute atomic E-state index is 0.246. The highest BCUT2D eigenvalue weighted by Crippen LogP contribution is 2.34. The van der Waals surface area contributed by atoms with E-state index in [1.807, 2.05) is 6.07 Å². The number of ether oxygens (including phenoxy) is 1. The lowest BCUT2D eigenvalue weighted by Gasteiger charge is -2.13. The smallest absolute Gasteiger partial charge is 0.339 e. The van der Waals surface area contributed by atoms with Gasteiger partial charge in [0.15, 0.2) is 0 Å². The maximum Gasteiger partial charge on any atom is 0.339 e. The Labute approximate surface area is 116 Å². The molecule has 4 heteroatoms. The van der Waals surface area contributed by atoms with Crippen LogP contribution in [-0.4, -0.2) is 5.97 Å². The van der Waals surface area contributed by atoms with E-state index in [0.29, 0.717) is 23.2 Å². The van der Waals surface area contributed by atoms with Crippen molar-refractivity contribution in [2.24, 2.45) is 0 Å². The number of nitrogens with two attached hydrogens (primary N) is 1. The van der Waals surface area contributed by atoms with Crippen LogP contribution in [0, 0.1) is 12.7 Å². The highest BCUT2D eigenvalue weighted by Gasteiger charge is 2.31. The van der Waals surface area contributed by atoms with Gasteiger partial charge in [-0.15, -0.1) is 0 Å². The predicted molar refractivity (Wildman–Crippen MR) is 73.9 cm³/mol. The Morgan fingerprint density at radius 1 is 1.30 bits per heavy atom. The van der Waals surface area contributed by atoms with Crippen molar-refractivity contribution in [1.29, 1.82) is 0 Å². The fourth-order valence-electron chi connectivity index (χ4n) is 2.51. The monoisotopic (exact) mass is 271 g/mol. The van der Waals surface area contributed by atoms with Gasteiger partial charge < -0.3 is 10.5 Å². The molecule has 0 radical (unpaired) electrons. The van der Waals surface area contributed by atoms with Crippen LogP contribution in [0.25, 0.3) is 0 Å². The number of fused-ring (bicyclic) bond motifs is 1. The zero-order valence-electron chi connectivity index (χ0n) is 11.0. The van der Waals surface area contributed by atoms with Gasteiger partial charge in [0.25, 0.3) is 0 Å². The Hall–Kier alpha value is -2.36. The Morgan fingerprint density at radius 2 is 2.10 bits per heavy atom. The molecule has 1 heterocycles. The van der Waals surface area contributed by atoms with Crippen LogP contribution in [-0.2, 0) is 11.2 Å². The van der Waals surface area contributed by atoms with E-state index in [4.69, 9.17) is 10.5 Å². The van der Waals surface area contributed by atoms with Gasteiger partial charge in [-0.25, -0.2) is 9.18 Å². The Balaban J connectivity index is 1.95. The molecule has 0 aliphatic carbocycles. The van der Waals surface area contributed by atoms with E-state index in [-0.39, 0.29) is 17.9 Å². The zero-order valence-corrected chi connectivity index (χ0v) is 11.0. The summed E-state index contributed by atoms with van der Waals surface area (Å²) in [7, 11) is 0. The largest absolute Gasteiger partial charge is 0.454 e. The molecule has 102 valence electrons. The van der Waals surface area contributed by atoms with E-state index in [0.717, 1.165) is 11.1 Å². The number of benzene rings is 2. The first-order valence-electron chi connectivity index (χ1n) is 6.40. The average Bonchev–Trinajstić information content (AvgIpc) is 2.71. The standard InChI is InChI=1S/C16H14FNO2/c1-9-10(3-2-4-14(9)17)7-15-12-6-5-11(18)8-13(12)16(19)20-15/h2-6,8,15H,7,18H2,1H3. The summed E-state index contributed by atoms with van der Waals surface area (Å²) in [6.45, 7) is 1.73. The van der Waals surface area contributed by atoms with E-state index >= 15 is 0 Å². The van der Waals surface area contributed by atoms with Crippen molar-refractivity contribution < 1.29 is 13.9 Å². The molecule has 1 aliphatic rings. The third-order valence-corrected chi connectivity index (χ3v) is 3.68. The second-order valence-electron chi connectivity index (χ2n) is 4.97. The number of hydrogen-bond acceptors (Lipinski definition) is 3. The van der Waals surface area contributed by atoms with Crippen LogP contribution in [0.15, 0.2) is 36.4 Å². The fraction of sp³-hybridized carbons (Fsp3) is 0.188. The first-order valence-corrected chi connectivity index (χ1v) is 6.40. The summed E-state index contributed by atoms with van der Waals surface area (Å²) in [6, 6.07) is 10.1. The van der Waals surface area contributed by atoms with Gasteiger partial charge in [0.05, 0.1) is 5.56 Å². The van der Waals surface area contributed by atoms with Crippen LogP contribution < -0.4 is 5.73 Å². The lowest BCUT2D eigenvalue weighted by Crippen LogP contribution is -2.04. The summed E-state index contributed by atoms with van der Waals surface area (Å²) in [6.07, 6.45) is 0.0882. The number of halogens is 1. The van der Waals surface area contributed by atoms with Crippen LogP contribution in [0.5, 0.6) is 0 Å². The minimum Gasteiger partial charge on any atom is -0.454 e. The first kappa shape index (κ1) is 12.7. The SMILES string of the molecule is Cc1c(F)cccc1CC1OC(=O)c2cc(N)ccc21. The van der Waals surface area contributed by atoms with E-state index < -0.39 is 0 Å². The van der Waals surface area contributed by atoms with Crippen molar-refractivity contribution in [3.63, 3.8) is 0 Å². The number of esters is 1. The summed E-state index contributed by atoms with van der Waals surface area (Å²) in [5.41, 5.74) is 8.96. The van der Waals surface area contributed by atoms with Gasteiger partial charge in [0.1, 0.15) is 11.9 Å². The van der Waals surface area contributed by atoms with Crippen LogP contribution in [0.2, 0.25) is 0 Å². The van der Waals surface area contributed by atoms with Gasteiger partial charge in [-0.2, -0.15) is 0 Å². The number of nitrogen functional groups attached to an aromatic ring is 1. The minimum atomic E-state index is -0.376. The molecular weight excluding hydrogens is 257 g/mol. The molecule has 2 aromatic carbocycles. The first-order chi connectivity index (χ1) is 9.56. The third kappa shape index (κ3) is 2.03. The summed E-state index contributed by atoms with van der Waals surface area (Å²) < 4.78 is 18.9. The number of carbonyl (C=O) groups excluding carboxylic acids is 1. The molecule has 3 rings (SSSR count). The summed E-state index contributed by atoms with van der Waals surface area (Å²) in [5.74, 6) is -0.615. The molecular formula is C16H14FNO2. The fourth-order valence-corrected chi connectivity index (χ4v) is 2.51. The average molecular weight is 271 g/mol. The van der Waals surface area contributed by atoms with Gasteiger partial charge in [-0.1, -0.05) is 18.2 Å². The number of anilines is 1. The Kier molecular flexibility index (Phi) is 2.93. The van der Waals surface area contributed by atoms with E-state index in [9.17, 15) is 9.18 Å². The molecule has 1 aliphatic heterocycles. The molecule has 0 fully saturated rings. The van der Waals surface area contributed by atoms with Gasteiger partial charge in [0, 0.05) is 17.7 Å². The van der Waals surface area contributed by atoms with Gasteiger partial charge in [-0.05, 0) is 36.2 Å². The molecule has 0 bridgehead atoms. The van der Waals surface area contributed by atoms with Crippen molar-refractivity contribution in [3.05, 3.63) is 64.5 Å². The molecule has 0 saturated carbocycles. The number of rotatable bonds is 2. The maximum atomic E-state index is 13.6. The third-order valence-electron chi connectivity index (χ3n) is 3.68. The molecule has 0 saturated heterocycles. The Bertz CT molecular complexity index is 697. The van der Waals surface area contributed by atoms with Gasteiger partial charge in [0.2, 0.25) is 0 Å². The highest BCUT2D eigenvalue weighted by atomic mass is 19.1. The van der Waals surface area contributed by atoms with E-state index in [2.05, 4.69) is 0 Å². The van der Waals surface area contributed by atoms with Crippen molar-refractivity contribution in [2.45, 2.75) is 19.4 Å². The molecule has 2 aromatic rings. The van der Waals surface area contributed by atoms with E-state index in [1.165, 1.54) is 6.07 Å².